The van der Waals surface area contributed by atoms with Crippen LogP contribution in [0.3, 0.4) is 0 Å². The number of amides is 3. The molecule has 3 amide bonds. The van der Waals surface area contributed by atoms with Crippen LogP contribution in [0.1, 0.15) is 20.3 Å². The topological polar surface area (TPSA) is 66.5 Å². The minimum atomic E-state index is -0.317. The average molecular weight is 224 g/mol. The SMILES string of the molecule is CC(C)CC(=O)NCCN1C(=O)C=CC1=O. The van der Waals surface area contributed by atoms with Crippen molar-refractivity contribution in [2.24, 2.45) is 5.92 Å². The summed E-state index contributed by atoms with van der Waals surface area (Å²) in [6, 6.07) is 0. The average Bonchev–Trinajstić information content (AvgIpc) is 2.47. The molecule has 0 spiro atoms. The molecule has 1 aliphatic heterocycles. The van der Waals surface area contributed by atoms with Crippen molar-refractivity contribution < 1.29 is 14.4 Å². The highest BCUT2D eigenvalue weighted by atomic mass is 16.2. The molecule has 0 saturated heterocycles. The van der Waals surface area contributed by atoms with Gasteiger partial charge in [-0.1, -0.05) is 13.8 Å². The third kappa shape index (κ3) is 3.49. The van der Waals surface area contributed by atoms with Gasteiger partial charge >= 0.3 is 0 Å². The Kier molecular flexibility index (Phi) is 4.22. The lowest BCUT2D eigenvalue weighted by atomic mass is 10.1. The van der Waals surface area contributed by atoms with Crippen LogP contribution < -0.4 is 5.32 Å². The second-order valence-corrected chi connectivity index (χ2v) is 4.11. The van der Waals surface area contributed by atoms with E-state index in [2.05, 4.69) is 5.32 Å². The van der Waals surface area contributed by atoms with Gasteiger partial charge in [0.05, 0.1) is 0 Å². The van der Waals surface area contributed by atoms with Gasteiger partial charge in [0.25, 0.3) is 11.8 Å². The van der Waals surface area contributed by atoms with Gasteiger partial charge in [-0.2, -0.15) is 0 Å². The second kappa shape index (κ2) is 5.44. The van der Waals surface area contributed by atoms with Crippen molar-refractivity contribution >= 4 is 17.7 Å². The summed E-state index contributed by atoms with van der Waals surface area (Å²) in [5.74, 6) is -0.384. The van der Waals surface area contributed by atoms with Crippen LogP contribution in [-0.2, 0) is 14.4 Å². The molecule has 0 aromatic heterocycles. The fraction of sp³-hybridized carbons (Fsp3) is 0.545. The Hall–Kier alpha value is -1.65. The molecule has 0 bridgehead atoms. The highest BCUT2D eigenvalue weighted by molar-refractivity contribution is 6.12. The van der Waals surface area contributed by atoms with Gasteiger partial charge in [-0.25, -0.2) is 0 Å². The highest BCUT2D eigenvalue weighted by Crippen LogP contribution is 2.02. The summed E-state index contributed by atoms with van der Waals surface area (Å²) in [6.07, 6.45) is 2.93. The van der Waals surface area contributed by atoms with Crippen LogP contribution in [0.2, 0.25) is 0 Å². The normalized spacial score (nSPS) is 15.1. The number of carbonyl (C=O) groups is 3. The molecule has 5 heteroatoms. The zero-order valence-corrected chi connectivity index (χ0v) is 9.53. The van der Waals surface area contributed by atoms with Crippen LogP contribution in [0, 0.1) is 5.92 Å². The second-order valence-electron chi connectivity index (χ2n) is 4.11. The third-order valence-electron chi connectivity index (χ3n) is 2.15. The largest absolute Gasteiger partial charge is 0.354 e. The number of nitrogens with zero attached hydrogens (tertiary/aromatic N) is 1. The molecule has 0 atom stereocenters. The van der Waals surface area contributed by atoms with Crippen LogP contribution in [-0.4, -0.2) is 35.7 Å². The number of hydrogen-bond donors (Lipinski definition) is 1. The van der Waals surface area contributed by atoms with Crippen molar-refractivity contribution in [3.8, 4) is 0 Å². The molecule has 1 heterocycles. The van der Waals surface area contributed by atoms with E-state index in [4.69, 9.17) is 0 Å². The number of hydrogen-bond acceptors (Lipinski definition) is 3. The molecular formula is C11H16N2O3. The van der Waals surface area contributed by atoms with Gasteiger partial charge in [0.2, 0.25) is 5.91 Å². The van der Waals surface area contributed by atoms with Crippen molar-refractivity contribution in [3.05, 3.63) is 12.2 Å². The minimum Gasteiger partial charge on any atom is -0.354 e. The van der Waals surface area contributed by atoms with Crippen molar-refractivity contribution in [3.63, 3.8) is 0 Å². The molecule has 5 nitrogen and oxygen atoms in total. The summed E-state index contributed by atoms with van der Waals surface area (Å²) in [5, 5.41) is 2.67. The number of carbonyl (C=O) groups excluding carboxylic acids is 3. The maximum Gasteiger partial charge on any atom is 0.253 e. The monoisotopic (exact) mass is 224 g/mol. The van der Waals surface area contributed by atoms with Crippen molar-refractivity contribution in [1.29, 1.82) is 0 Å². The van der Waals surface area contributed by atoms with Gasteiger partial charge in [-0.15, -0.1) is 0 Å². The molecule has 0 aromatic rings. The summed E-state index contributed by atoms with van der Waals surface area (Å²) >= 11 is 0. The molecule has 1 N–H and O–H groups in total. The van der Waals surface area contributed by atoms with E-state index in [0.29, 0.717) is 18.9 Å². The molecule has 0 unspecified atom stereocenters. The molecule has 0 aliphatic carbocycles. The molecule has 88 valence electrons. The lowest BCUT2D eigenvalue weighted by Crippen LogP contribution is -2.38. The summed E-state index contributed by atoms with van der Waals surface area (Å²) in [4.78, 5) is 34.7. The Balaban J connectivity index is 2.23. The zero-order valence-electron chi connectivity index (χ0n) is 9.53. The van der Waals surface area contributed by atoms with Crippen LogP contribution in [0.5, 0.6) is 0 Å². The molecule has 0 saturated carbocycles. The molecule has 1 rings (SSSR count). The van der Waals surface area contributed by atoms with E-state index in [1.807, 2.05) is 13.8 Å². The first-order valence-electron chi connectivity index (χ1n) is 5.31. The van der Waals surface area contributed by atoms with E-state index in [9.17, 15) is 14.4 Å². The van der Waals surface area contributed by atoms with E-state index in [1.54, 1.807) is 0 Å². The van der Waals surface area contributed by atoms with E-state index in [1.165, 1.54) is 12.2 Å². The van der Waals surface area contributed by atoms with E-state index in [0.717, 1.165) is 4.90 Å². The summed E-state index contributed by atoms with van der Waals surface area (Å²) in [7, 11) is 0. The first kappa shape index (κ1) is 12.4. The Bertz CT molecular complexity index is 316. The predicted octanol–water partition coefficient (Wildman–Crippen LogP) is 0.0737. The van der Waals surface area contributed by atoms with Gasteiger partial charge in [-0.05, 0) is 5.92 Å². The maximum absolute atomic E-state index is 11.3. The Morgan fingerprint density at radius 1 is 1.31 bits per heavy atom. The van der Waals surface area contributed by atoms with Crippen LogP contribution in [0.25, 0.3) is 0 Å². The minimum absolute atomic E-state index is 0.0537. The Morgan fingerprint density at radius 2 is 1.88 bits per heavy atom. The number of rotatable bonds is 5. The molecule has 0 radical (unpaired) electrons. The molecule has 0 fully saturated rings. The van der Waals surface area contributed by atoms with Gasteiger partial charge < -0.3 is 5.32 Å². The van der Waals surface area contributed by atoms with Crippen molar-refractivity contribution in [2.45, 2.75) is 20.3 Å². The standard InChI is InChI=1S/C11H16N2O3/c1-8(2)7-9(14)12-5-6-13-10(15)3-4-11(13)16/h3-4,8H,5-7H2,1-2H3,(H,12,14). The molecule has 1 aliphatic rings. The zero-order chi connectivity index (χ0) is 12.1. The fourth-order valence-electron chi connectivity index (χ4n) is 1.40. The van der Waals surface area contributed by atoms with E-state index >= 15 is 0 Å². The van der Waals surface area contributed by atoms with Crippen molar-refractivity contribution in [2.75, 3.05) is 13.1 Å². The Morgan fingerprint density at radius 3 is 2.38 bits per heavy atom. The van der Waals surface area contributed by atoms with Crippen LogP contribution in [0.4, 0.5) is 0 Å². The first-order chi connectivity index (χ1) is 7.50. The predicted molar refractivity (Wildman–Crippen MR) is 58.3 cm³/mol. The maximum atomic E-state index is 11.3. The lowest BCUT2D eigenvalue weighted by Gasteiger charge is -2.14. The summed E-state index contributed by atoms with van der Waals surface area (Å²) in [6.45, 7) is 4.45. The Labute approximate surface area is 94.5 Å². The van der Waals surface area contributed by atoms with Gasteiger partial charge in [0.1, 0.15) is 0 Å². The van der Waals surface area contributed by atoms with Gasteiger partial charge in [0.15, 0.2) is 0 Å². The lowest BCUT2D eigenvalue weighted by molar-refractivity contribution is -0.137. The van der Waals surface area contributed by atoms with Crippen LogP contribution >= 0.6 is 0 Å². The van der Waals surface area contributed by atoms with Crippen LogP contribution in [0.15, 0.2) is 12.2 Å². The molecule has 16 heavy (non-hydrogen) atoms. The number of nitrogens with one attached hydrogen (secondary N) is 1. The van der Waals surface area contributed by atoms with E-state index in [-0.39, 0.29) is 24.3 Å². The highest BCUT2D eigenvalue weighted by Gasteiger charge is 2.22. The van der Waals surface area contributed by atoms with Crippen molar-refractivity contribution in [1.82, 2.24) is 10.2 Å². The van der Waals surface area contributed by atoms with Gasteiger partial charge in [-0.3, -0.25) is 19.3 Å². The van der Waals surface area contributed by atoms with E-state index < -0.39 is 0 Å². The number of imide groups is 1. The molecular weight excluding hydrogens is 208 g/mol. The fourth-order valence-corrected chi connectivity index (χ4v) is 1.40. The smallest absolute Gasteiger partial charge is 0.253 e. The molecule has 0 aromatic carbocycles. The summed E-state index contributed by atoms with van der Waals surface area (Å²) < 4.78 is 0. The summed E-state index contributed by atoms with van der Waals surface area (Å²) in [5.41, 5.74) is 0. The third-order valence-corrected chi connectivity index (χ3v) is 2.15. The van der Waals surface area contributed by atoms with Gasteiger partial charge in [0, 0.05) is 31.7 Å². The first-order valence-corrected chi connectivity index (χ1v) is 5.31. The quantitative estimate of drug-likeness (QED) is 0.672.